The molecular formula is C14H22N4O2. The van der Waals surface area contributed by atoms with Gasteiger partial charge in [-0.1, -0.05) is 6.92 Å². The van der Waals surface area contributed by atoms with Gasteiger partial charge in [-0.15, -0.1) is 0 Å². The van der Waals surface area contributed by atoms with Crippen LogP contribution in [0.4, 0.5) is 0 Å². The molecule has 0 bridgehead atoms. The minimum Gasteiger partial charge on any atom is -0.347 e. The maximum atomic E-state index is 12.3. The standard InChI is InChI=1S/C14H22N4O2/c1-3-12(13-15-6-7-16-13)17-14(20)11-4-8-18(9-5-11)10(2)19/h6-7,11-12H,3-5,8-9H2,1-2H3,(H,15,16)(H,17,20). The Morgan fingerprint density at radius 2 is 2.20 bits per heavy atom. The summed E-state index contributed by atoms with van der Waals surface area (Å²) in [6.07, 6.45) is 5.72. The number of carbonyl (C=O) groups is 2. The first-order valence-corrected chi connectivity index (χ1v) is 7.17. The van der Waals surface area contributed by atoms with Crippen LogP contribution >= 0.6 is 0 Å². The fourth-order valence-corrected chi connectivity index (χ4v) is 2.58. The van der Waals surface area contributed by atoms with Crippen LogP contribution in [0.3, 0.4) is 0 Å². The summed E-state index contributed by atoms with van der Waals surface area (Å²) in [5.74, 6) is 0.943. The highest BCUT2D eigenvalue weighted by Gasteiger charge is 2.27. The molecule has 1 aromatic heterocycles. The highest BCUT2D eigenvalue weighted by atomic mass is 16.2. The number of likely N-dealkylation sites (tertiary alicyclic amines) is 1. The Kier molecular flexibility index (Phi) is 4.76. The summed E-state index contributed by atoms with van der Waals surface area (Å²) in [6.45, 7) is 4.94. The first-order chi connectivity index (χ1) is 9.61. The van der Waals surface area contributed by atoms with E-state index in [4.69, 9.17) is 0 Å². The number of imidazole rings is 1. The Hall–Kier alpha value is -1.85. The molecule has 1 aliphatic rings. The summed E-state index contributed by atoms with van der Waals surface area (Å²) in [5, 5.41) is 3.05. The van der Waals surface area contributed by atoms with Gasteiger partial charge in [-0.05, 0) is 19.3 Å². The summed E-state index contributed by atoms with van der Waals surface area (Å²) in [7, 11) is 0. The number of rotatable bonds is 4. The van der Waals surface area contributed by atoms with Crippen molar-refractivity contribution in [3.05, 3.63) is 18.2 Å². The zero-order chi connectivity index (χ0) is 14.5. The maximum absolute atomic E-state index is 12.3. The molecular weight excluding hydrogens is 256 g/mol. The molecule has 1 saturated heterocycles. The average molecular weight is 278 g/mol. The lowest BCUT2D eigenvalue weighted by molar-refractivity contribution is -0.134. The SMILES string of the molecule is CCC(NC(=O)C1CCN(C(C)=O)CC1)c1ncc[nH]1. The number of nitrogens with zero attached hydrogens (tertiary/aromatic N) is 2. The smallest absolute Gasteiger partial charge is 0.223 e. The number of carbonyl (C=O) groups excluding carboxylic acids is 2. The van der Waals surface area contributed by atoms with Gasteiger partial charge in [0, 0.05) is 38.3 Å². The molecule has 6 heteroatoms. The third-order valence-electron chi connectivity index (χ3n) is 3.89. The second kappa shape index (κ2) is 6.54. The summed E-state index contributed by atoms with van der Waals surface area (Å²) in [5.41, 5.74) is 0. The number of piperidine rings is 1. The third kappa shape index (κ3) is 3.37. The van der Waals surface area contributed by atoms with E-state index in [1.54, 1.807) is 24.2 Å². The van der Waals surface area contributed by atoms with Crippen molar-refractivity contribution in [2.24, 2.45) is 5.92 Å². The van der Waals surface area contributed by atoms with E-state index in [9.17, 15) is 9.59 Å². The van der Waals surface area contributed by atoms with Crippen LogP contribution in [0.15, 0.2) is 12.4 Å². The summed E-state index contributed by atoms with van der Waals surface area (Å²) in [6, 6.07) is -0.0664. The first-order valence-electron chi connectivity index (χ1n) is 7.17. The zero-order valence-electron chi connectivity index (χ0n) is 12.1. The van der Waals surface area contributed by atoms with Crippen molar-refractivity contribution in [3.8, 4) is 0 Å². The molecule has 1 aliphatic heterocycles. The van der Waals surface area contributed by atoms with Gasteiger partial charge in [-0.25, -0.2) is 4.98 Å². The van der Waals surface area contributed by atoms with E-state index in [-0.39, 0.29) is 23.8 Å². The molecule has 2 rings (SSSR count). The lowest BCUT2D eigenvalue weighted by atomic mass is 9.95. The number of amides is 2. The Morgan fingerprint density at radius 1 is 1.50 bits per heavy atom. The van der Waals surface area contributed by atoms with Gasteiger partial charge < -0.3 is 15.2 Å². The van der Waals surface area contributed by atoms with E-state index in [0.717, 1.165) is 25.1 Å². The van der Waals surface area contributed by atoms with Crippen LogP contribution in [0.5, 0.6) is 0 Å². The van der Waals surface area contributed by atoms with Crippen molar-refractivity contribution in [2.75, 3.05) is 13.1 Å². The van der Waals surface area contributed by atoms with Gasteiger partial charge in [-0.2, -0.15) is 0 Å². The zero-order valence-corrected chi connectivity index (χ0v) is 12.1. The first kappa shape index (κ1) is 14.6. The number of aromatic nitrogens is 2. The highest BCUT2D eigenvalue weighted by molar-refractivity contribution is 5.79. The largest absolute Gasteiger partial charge is 0.347 e. The molecule has 0 spiro atoms. The molecule has 1 aromatic rings. The second-order valence-electron chi connectivity index (χ2n) is 5.22. The van der Waals surface area contributed by atoms with Crippen LogP contribution in [0, 0.1) is 5.92 Å². The fraction of sp³-hybridized carbons (Fsp3) is 0.643. The van der Waals surface area contributed by atoms with Crippen molar-refractivity contribution in [2.45, 2.75) is 39.2 Å². The number of nitrogens with one attached hydrogen (secondary N) is 2. The number of hydrogen-bond acceptors (Lipinski definition) is 3. The molecule has 1 fully saturated rings. The van der Waals surface area contributed by atoms with Gasteiger partial charge in [0.25, 0.3) is 0 Å². The van der Waals surface area contributed by atoms with Crippen molar-refractivity contribution in [1.29, 1.82) is 0 Å². The normalized spacial score (nSPS) is 17.8. The van der Waals surface area contributed by atoms with Crippen LogP contribution in [0.25, 0.3) is 0 Å². The van der Waals surface area contributed by atoms with E-state index in [2.05, 4.69) is 15.3 Å². The van der Waals surface area contributed by atoms with Crippen LogP contribution in [0.1, 0.15) is 45.0 Å². The third-order valence-corrected chi connectivity index (χ3v) is 3.89. The van der Waals surface area contributed by atoms with Gasteiger partial charge in [0.1, 0.15) is 5.82 Å². The van der Waals surface area contributed by atoms with Crippen LogP contribution in [-0.4, -0.2) is 39.8 Å². The number of aromatic amines is 1. The van der Waals surface area contributed by atoms with Crippen LogP contribution in [-0.2, 0) is 9.59 Å². The second-order valence-corrected chi connectivity index (χ2v) is 5.22. The van der Waals surface area contributed by atoms with Crippen LogP contribution in [0.2, 0.25) is 0 Å². The van der Waals surface area contributed by atoms with Gasteiger partial charge >= 0.3 is 0 Å². The molecule has 2 amide bonds. The van der Waals surface area contributed by atoms with Crippen molar-refractivity contribution < 1.29 is 9.59 Å². The minimum absolute atomic E-state index is 0.00499. The number of hydrogen-bond donors (Lipinski definition) is 2. The monoisotopic (exact) mass is 278 g/mol. The Balaban J connectivity index is 1.87. The molecule has 0 aliphatic carbocycles. The van der Waals surface area contributed by atoms with E-state index in [0.29, 0.717) is 13.1 Å². The summed E-state index contributed by atoms with van der Waals surface area (Å²) >= 11 is 0. The van der Waals surface area contributed by atoms with E-state index in [1.807, 2.05) is 6.92 Å². The lowest BCUT2D eigenvalue weighted by Gasteiger charge is -2.31. The van der Waals surface area contributed by atoms with E-state index in [1.165, 1.54) is 0 Å². The predicted octanol–water partition coefficient (Wildman–Crippen LogP) is 1.24. The highest BCUT2D eigenvalue weighted by Crippen LogP contribution is 2.20. The topological polar surface area (TPSA) is 78.1 Å². The molecule has 1 atom stereocenters. The molecule has 6 nitrogen and oxygen atoms in total. The Morgan fingerprint density at radius 3 is 2.70 bits per heavy atom. The van der Waals surface area contributed by atoms with E-state index >= 15 is 0 Å². The predicted molar refractivity (Wildman–Crippen MR) is 74.7 cm³/mol. The van der Waals surface area contributed by atoms with Gasteiger partial charge in [0.2, 0.25) is 11.8 Å². The quantitative estimate of drug-likeness (QED) is 0.869. The maximum Gasteiger partial charge on any atom is 0.223 e. The van der Waals surface area contributed by atoms with Crippen molar-refractivity contribution >= 4 is 11.8 Å². The molecule has 110 valence electrons. The van der Waals surface area contributed by atoms with Gasteiger partial charge in [-0.3, -0.25) is 9.59 Å². The molecule has 20 heavy (non-hydrogen) atoms. The molecule has 2 heterocycles. The Labute approximate surface area is 119 Å². The summed E-state index contributed by atoms with van der Waals surface area (Å²) < 4.78 is 0. The molecule has 2 N–H and O–H groups in total. The fourth-order valence-electron chi connectivity index (χ4n) is 2.58. The van der Waals surface area contributed by atoms with Gasteiger partial charge in [0.05, 0.1) is 6.04 Å². The van der Waals surface area contributed by atoms with E-state index < -0.39 is 0 Å². The average Bonchev–Trinajstić information content (AvgIpc) is 2.98. The van der Waals surface area contributed by atoms with Gasteiger partial charge in [0.15, 0.2) is 0 Å². The summed E-state index contributed by atoms with van der Waals surface area (Å²) in [4.78, 5) is 32.6. The van der Waals surface area contributed by atoms with Crippen LogP contribution < -0.4 is 5.32 Å². The molecule has 0 radical (unpaired) electrons. The minimum atomic E-state index is -0.0664. The molecule has 1 unspecified atom stereocenters. The molecule has 0 aromatic carbocycles. The van der Waals surface area contributed by atoms with Crippen molar-refractivity contribution in [1.82, 2.24) is 20.2 Å². The van der Waals surface area contributed by atoms with Crippen molar-refractivity contribution in [3.63, 3.8) is 0 Å². The lowest BCUT2D eigenvalue weighted by Crippen LogP contribution is -2.43. The Bertz CT molecular complexity index is 450. The number of H-pyrrole nitrogens is 1. The molecule has 0 saturated carbocycles.